The number of sulfonamides is 1. The van der Waals surface area contributed by atoms with Crippen molar-refractivity contribution in [2.45, 2.75) is 43.2 Å². The van der Waals surface area contributed by atoms with Crippen LogP contribution in [-0.4, -0.2) is 32.5 Å². The van der Waals surface area contributed by atoms with Gasteiger partial charge in [-0.2, -0.15) is 13.2 Å². The van der Waals surface area contributed by atoms with Gasteiger partial charge in [-0.05, 0) is 25.8 Å². The van der Waals surface area contributed by atoms with Crippen molar-refractivity contribution in [1.29, 1.82) is 0 Å². The van der Waals surface area contributed by atoms with Crippen LogP contribution in [0.2, 0.25) is 0 Å². The molecule has 0 amide bonds. The molecule has 11 heteroatoms. The molecule has 24 heavy (non-hydrogen) atoms. The quantitative estimate of drug-likeness (QED) is 0.804. The maximum Gasteiger partial charge on any atom is 0.392 e. The summed E-state index contributed by atoms with van der Waals surface area (Å²) in [5, 5.41) is 5.03. The van der Waals surface area contributed by atoms with E-state index >= 15 is 0 Å². The summed E-state index contributed by atoms with van der Waals surface area (Å²) in [5.41, 5.74) is -0.674. The number of halogens is 3. The summed E-state index contributed by atoms with van der Waals surface area (Å²) >= 11 is 0.373. The molecule has 1 unspecified atom stereocenters. The number of ketones is 1. The summed E-state index contributed by atoms with van der Waals surface area (Å²) in [4.78, 5) is 23.9. The summed E-state index contributed by atoms with van der Waals surface area (Å²) in [7, 11) is -4.36. The van der Waals surface area contributed by atoms with Crippen LogP contribution in [0.5, 0.6) is 0 Å². The first-order valence-corrected chi connectivity index (χ1v) is 9.18. The number of fused-ring (bicyclic) bond motifs is 1. The highest BCUT2D eigenvalue weighted by atomic mass is 32.2. The van der Waals surface area contributed by atoms with E-state index in [9.17, 15) is 31.2 Å². The van der Waals surface area contributed by atoms with Gasteiger partial charge in [-0.15, -0.1) is 11.3 Å². The Morgan fingerprint density at radius 1 is 1.33 bits per heavy atom. The third-order valence-corrected chi connectivity index (χ3v) is 6.06. The minimum atomic E-state index is -4.64. The van der Waals surface area contributed by atoms with Gasteiger partial charge in [-0.1, -0.05) is 0 Å². The number of nitrogens with two attached hydrogens (primary N) is 1. The monoisotopic (exact) mass is 385 g/mol. The van der Waals surface area contributed by atoms with Crippen molar-refractivity contribution in [1.82, 2.24) is 0 Å². The Morgan fingerprint density at radius 2 is 1.92 bits per heavy atom. The zero-order valence-electron chi connectivity index (χ0n) is 12.6. The van der Waals surface area contributed by atoms with E-state index in [4.69, 9.17) is 9.88 Å². The van der Waals surface area contributed by atoms with Crippen molar-refractivity contribution < 1.29 is 35.9 Å². The maximum atomic E-state index is 13.0. The lowest BCUT2D eigenvalue weighted by Gasteiger charge is -2.24. The van der Waals surface area contributed by atoms with Crippen LogP contribution in [0, 0.1) is 5.92 Å². The second kappa shape index (κ2) is 6.12. The molecule has 2 rings (SSSR count). The van der Waals surface area contributed by atoms with Crippen LogP contribution < -0.4 is 5.14 Å². The first kappa shape index (κ1) is 18.9. The number of alkyl halides is 3. The molecule has 1 aliphatic rings. The molecular formula is C13H14F3NO5S2. The molecule has 0 radical (unpaired) electrons. The summed E-state index contributed by atoms with van der Waals surface area (Å²) in [6.45, 7) is 3.06. The summed E-state index contributed by atoms with van der Waals surface area (Å²) < 4.78 is 66.6. The van der Waals surface area contributed by atoms with Gasteiger partial charge in [0, 0.05) is 6.42 Å². The third-order valence-electron chi connectivity index (χ3n) is 3.39. The van der Waals surface area contributed by atoms with Crippen LogP contribution in [0.3, 0.4) is 0 Å². The molecule has 134 valence electrons. The van der Waals surface area contributed by atoms with E-state index in [-0.39, 0.29) is 10.4 Å². The molecule has 0 aliphatic heterocycles. The van der Waals surface area contributed by atoms with Gasteiger partial charge in [0.25, 0.3) is 0 Å². The van der Waals surface area contributed by atoms with Gasteiger partial charge >= 0.3 is 12.1 Å². The van der Waals surface area contributed by atoms with Crippen LogP contribution in [0.4, 0.5) is 13.2 Å². The SMILES string of the molecule is CC(C)OC(=O)c1sc(S(N)(=O)=O)c2c1CC(C(F)(F)F)CC2=O. The number of rotatable bonds is 3. The predicted molar refractivity (Wildman–Crippen MR) is 78.4 cm³/mol. The van der Waals surface area contributed by atoms with E-state index in [2.05, 4.69) is 0 Å². The van der Waals surface area contributed by atoms with E-state index in [0.29, 0.717) is 11.3 Å². The molecule has 6 nitrogen and oxygen atoms in total. The number of ether oxygens (including phenoxy) is 1. The van der Waals surface area contributed by atoms with Gasteiger partial charge in [0.1, 0.15) is 9.09 Å². The van der Waals surface area contributed by atoms with Crippen LogP contribution >= 0.6 is 11.3 Å². The first-order chi connectivity index (χ1) is 10.8. The minimum Gasteiger partial charge on any atom is -0.459 e. The van der Waals surface area contributed by atoms with Crippen LogP contribution in [0.25, 0.3) is 0 Å². The van der Waals surface area contributed by atoms with Gasteiger partial charge in [0.2, 0.25) is 10.0 Å². The van der Waals surface area contributed by atoms with Gasteiger partial charge in [0.15, 0.2) is 5.78 Å². The average molecular weight is 385 g/mol. The lowest BCUT2D eigenvalue weighted by molar-refractivity contribution is -0.174. The number of esters is 1. The fourth-order valence-corrected chi connectivity index (χ4v) is 4.63. The second-order valence-corrected chi connectivity index (χ2v) is 8.42. The van der Waals surface area contributed by atoms with Crippen molar-refractivity contribution in [2.24, 2.45) is 11.1 Å². The largest absolute Gasteiger partial charge is 0.459 e. The molecule has 1 atom stereocenters. The van der Waals surface area contributed by atoms with E-state index in [1.54, 1.807) is 0 Å². The number of hydrogen-bond acceptors (Lipinski definition) is 6. The number of primary sulfonamides is 1. The molecule has 1 heterocycles. The topological polar surface area (TPSA) is 104 Å². The molecule has 0 spiro atoms. The van der Waals surface area contributed by atoms with E-state index < -0.39 is 62.6 Å². The predicted octanol–water partition coefficient (Wildman–Crippen LogP) is 2.27. The Labute approximate surface area is 139 Å². The Morgan fingerprint density at radius 3 is 2.38 bits per heavy atom. The molecule has 1 aromatic rings. The van der Waals surface area contributed by atoms with Crippen molar-refractivity contribution in [2.75, 3.05) is 0 Å². The number of hydrogen-bond donors (Lipinski definition) is 1. The lowest BCUT2D eigenvalue weighted by Crippen LogP contribution is -2.32. The standard InChI is InChI=1S/C13H14F3NO5S2/c1-5(2)22-11(19)10-7-3-6(13(14,15)16)4-8(18)9(7)12(23-10)24(17,20)21/h5-6H,3-4H2,1-2H3,(H2,17,20,21). The molecule has 0 aromatic carbocycles. The van der Waals surface area contributed by atoms with Crippen LogP contribution in [-0.2, 0) is 21.2 Å². The van der Waals surface area contributed by atoms with Crippen LogP contribution in [0.15, 0.2) is 4.21 Å². The van der Waals surface area contributed by atoms with Crippen molar-refractivity contribution in [3.8, 4) is 0 Å². The highest BCUT2D eigenvalue weighted by molar-refractivity contribution is 7.91. The lowest BCUT2D eigenvalue weighted by atomic mass is 9.83. The highest BCUT2D eigenvalue weighted by Gasteiger charge is 2.47. The van der Waals surface area contributed by atoms with E-state index in [1.807, 2.05) is 0 Å². The Balaban J connectivity index is 2.63. The highest BCUT2D eigenvalue weighted by Crippen LogP contribution is 2.43. The summed E-state index contributed by atoms with van der Waals surface area (Å²) in [5.74, 6) is -3.95. The average Bonchev–Trinajstić information content (AvgIpc) is 2.76. The van der Waals surface area contributed by atoms with Gasteiger partial charge in [-0.3, -0.25) is 4.79 Å². The maximum absolute atomic E-state index is 13.0. The number of carbonyl (C=O) groups is 2. The zero-order chi connectivity index (χ0) is 18.4. The fourth-order valence-electron chi connectivity index (χ4n) is 2.43. The normalized spacial score (nSPS) is 18.6. The Kier molecular flexibility index (Phi) is 4.81. The molecule has 2 N–H and O–H groups in total. The first-order valence-electron chi connectivity index (χ1n) is 6.81. The minimum absolute atomic E-state index is 0.256. The molecule has 0 bridgehead atoms. The van der Waals surface area contributed by atoms with Crippen molar-refractivity contribution in [3.63, 3.8) is 0 Å². The van der Waals surface area contributed by atoms with Gasteiger partial charge < -0.3 is 4.74 Å². The van der Waals surface area contributed by atoms with Crippen LogP contribution in [0.1, 0.15) is 45.9 Å². The second-order valence-electron chi connectivity index (χ2n) is 5.64. The molecular weight excluding hydrogens is 371 g/mol. The van der Waals surface area contributed by atoms with E-state index in [1.165, 1.54) is 13.8 Å². The Hall–Kier alpha value is -1.46. The van der Waals surface area contributed by atoms with Gasteiger partial charge in [-0.25, -0.2) is 18.4 Å². The Bertz CT molecular complexity index is 795. The van der Waals surface area contributed by atoms with Crippen molar-refractivity contribution in [3.05, 3.63) is 16.0 Å². The zero-order valence-corrected chi connectivity index (χ0v) is 14.3. The molecule has 1 aromatic heterocycles. The fraction of sp³-hybridized carbons (Fsp3) is 0.538. The molecule has 0 fully saturated rings. The van der Waals surface area contributed by atoms with Crippen molar-refractivity contribution >= 4 is 33.1 Å². The molecule has 1 aliphatic carbocycles. The summed E-state index contributed by atoms with van der Waals surface area (Å²) in [6.07, 6.45) is -6.75. The number of Topliss-reactive ketones (excluding diaryl/α,β-unsaturated/α-hetero) is 1. The number of carbonyl (C=O) groups excluding carboxylic acids is 2. The smallest absolute Gasteiger partial charge is 0.392 e. The molecule has 0 saturated heterocycles. The molecule has 0 saturated carbocycles. The van der Waals surface area contributed by atoms with Gasteiger partial charge in [0.05, 0.1) is 17.6 Å². The number of thiophene rings is 1. The third kappa shape index (κ3) is 3.62. The van der Waals surface area contributed by atoms with E-state index in [0.717, 1.165) is 0 Å². The summed E-state index contributed by atoms with van der Waals surface area (Å²) in [6, 6.07) is 0.